The van der Waals surface area contributed by atoms with Gasteiger partial charge in [-0.25, -0.2) is 0 Å². The normalized spacial score (nSPS) is 23.9. The Labute approximate surface area is 145 Å². The van der Waals surface area contributed by atoms with Crippen LogP contribution in [0.15, 0.2) is 0 Å². The Kier molecular flexibility index (Phi) is 4.58. The maximum atomic E-state index is 6.07. The smallest absolute Gasteiger partial charge is 0.320 e. The molecule has 2 N–H and O–H groups in total. The summed E-state index contributed by atoms with van der Waals surface area (Å²) >= 11 is 0. The van der Waals surface area contributed by atoms with Crippen molar-refractivity contribution >= 4 is 17.0 Å². The van der Waals surface area contributed by atoms with Gasteiger partial charge in [0, 0.05) is 13.2 Å². The van der Waals surface area contributed by atoms with E-state index in [0.29, 0.717) is 30.4 Å². The summed E-state index contributed by atoms with van der Waals surface area (Å²) < 4.78 is 24.4. The van der Waals surface area contributed by atoms with E-state index in [-0.39, 0.29) is 24.2 Å². The molecule has 0 aliphatic carbocycles. The first kappa shape index (κ1) is 16.3. The average molecular weight is 349 g/mol. The lowest BCUT2D eigenvalue weighted by Crippen LogP contribution is -2.20. The molecule has 136 valence electrons. The van der Waals surface area contributed by atoms with Crippen molar-refractivity contribution in [2.75, 3.05) is 32.7 Å². The summed E-state index contributed by atoms with van der Waals surface area (Å²) in [5.74, 6) is 0.264. The standard InChI is InChI=1S/C16H23N5O4/c1-22-16-18-12-13(17)19-15(25-9-10-5-4-8-23-10)20-14(12)21(16)11-6-2-3-7-24-11/h10-11H,2-9H2,1H3,(H2,17,19,20). The Morgan fingerprint density at radius 1 is 1.12 bits per heavy atom. The number of methoxy groups -OCH3 is 1. The van der Waals surface area contributed by atoms with E-state index >= 15 is 0 Å². The molecule has 25 heavy (non-hydrogen) atoms. The van der Waals surface area contributed by atoms with Crippen molar-refractivity contribution in [2.24, 2.45) is 0 Å². The monoisotopic (exact) mass is 349 g/mol. The van der Waals surface area contributed by atoms with E-state index in [1.165, 1.54) is 0 Å². The third-order valence-electron chi connectivity index (χ3n) is 4.56. The second-order valence-corrected chi connectivity index (χ2v) is 6.30. The van der Waals surface area contributed by atoms with Crippen molar-refractivity contribution in [1.82, 2.24) is 19.5 Å². The molecule has 9 heteroatoms. The summed E-state index contributed by atoms with van der Waals surface area (Å²) in [4.78, 5) is 13.1. The lowest BCUT2D eigenvalue weighted by atomic mass is 10.2. The zero-order valence-electron chi connectivity index (χ0n) is 14.3. The summed E-state index contributed by atoms with van der Waals surface area (Å²) in [7, 11) is 1.57. The summed E-state index contributed by atoms with van der Waals surface area (Å²) in [6.45, 7) is 1.89. The first-order chi connectivity index (χ1) is 12.3. The first-order valence-electron chi connectivity index (χ1n) is 8.71. The number of ether oxygens (including phenoxy) is 4. The summed E-state index contributed by atoms with van der Waals surface area (Å²) in [5, 5.41) is 0. The molecule has 0 aromatic carbocycles. The van der Waals surface area contributed by atoms with Gasteiger partial charge in [-0.15, -0.1) is 0 Å². The van der Waals surface area contributed by atoms with Gasteiger partial charge in [-0.2, -0.15) is 15.0 Å². The second-order valence-electron chi connectivity index (χ2n) is 6.30. The largest absolute Gasteiger partial charge is 0.468 e. The number of imidazole rings is 1. The molecule has 2 saturated heterocycles. The highest BCUT2D eigenvalue weighted by Crippen LogP contribution is 2.33. The molecule has 2 fully saturated rings. The van der Waals surface area contributed by atoms with E-state index in [1.54, 1.807) is 7.11 Å². The second kappa shape index (κ2) is 7.01. The zero-order valence-corrected chi connectivity index (χ0v) is 14.3. The van der Waals surface area contributed by atoms with Crippen LogP contribution in [-0.4, -0.2) is 52.6 Å². The Morgan fingerprint density at radius 2 is 2.00 bits per heavy atom. The van der Waals surface area contributed by atoms with Crippen LogP contribution in [0.1, 0.15) is 38.3 Å². The Bertz CT molecular complexity index is 738. The number of nitrogen functional groups attached to an aromatic ring is 1. The fraction of sp³-hybridized carbons (Fsp3) is 0.688. The topological polar surface area (TPSA) is 107 Å². The third kappa shape index (κ3) is 3.21. The van der Waals surface area contributed by atoms with Crippen LogP contribution in [0.3, 0.4) is 0 Å². The lowest BCUT2D eigenvalue weighted by Gasteiger charge is -2.24. The Balaban J connectivity index is 1.66. The lowest BCUT2D eigenvalue weighted by molar-refractivity contribution is -0.0334. The van der Waals surface area contributed by atoms with Crippen molar-refractivity contribution in [3.05, 3.63) is 0 Å². The molecule has 4 heterocycles. The SMILES string of the molecule is COc1nc2c(N)nc(OCC3CCCO3)nc2n1C1CCCCO1. The molecule has 9 nitrogen and oxygen atoms in total. The molecular weight excluding hydrogens is 326 g/mol. The van der Waals surface area contributed by atoms with E-state index in [4.69, 9.17) is 24.7 Å². The molecule has 4 rings (SSSR count). The van der Waals surface area contributed by atoms with Gasteiger partial charge in [0.2, 0.25) is 0 Å². The number of anilines is 1. The van der Waals surface area contributed by atoms with E-state index in [9.17, 15) is 0 Å². The number of hydrogen-bond donors (Lipinski definition) is 1. The van der Waals surface area contributed by atoms with Crippen LogP contribution in [-0.2, 0) is 9.47 Å². The van der Waals surface area contributed by atoms with Crippen LogP contribution < -0.4 is 15.2 Å². The first-order valence-corrected chi connectivity index (χ1v) is 8.71. The fourth-order valence-corrected chi connectivity index (χ4v) is 3.29. The van der Waals surface area contributed by atoms with Gasteiger partial charge >= 0.3 is 12.0 Å². The Morgan fingerprint density at radius 3 is 2.72 bits per heavy atom. The maximum Gasteiger partial charge on any atom is 0.320 e. The molecule has 0 radical (unpaired) electrons. The van der Waals surface area contributed by atoms with Gasteiger partial charge in [-0.05, 0) is 32.1 Å². The van der Waals surface area contributed by atoms with Gasteiger partial charge in [0.05, 0.1) is 13.2 Å². The highest BCUT2D eigenvalue weighted by Gasteiger charge is 2.26. The predicted molar refractivity (Wildman–Crippen MR) is 89.6 cm³/mol. The molecule has 2 aromatic heterocycles. The zero-order chi connectivity index (χ0) is 17.2. The highest BCUT2D eigenvalue weighted by molar-refractivity contribution is 5.83. The molecule has 0 amide bonds. The number of rotatable bonds is 5. The molecule has 2 aromatic rings. The minimum Gasteiger partial charge on any atom is -0.468 e. The van der Waals surface area contributed by atoms with Crippen molar-refractivity contribution in [1.29, 1.82) is 0 Å². The van der Waals surface area contributed by atoms with Crippen LogP contribution in [0, 0.1) is 0 Å². The quantitative estimate of drug-likeness (QED) is 0.869. The van der Waals surface area contributed by atoms with Crippen LogP contribution in [0.25, 0.3) is 11.2 Å². The highest BCUT2D eigenvalue weighted by atomic mass is 16.5. The van der Waals surface area contributed by atoms with Crippen LogP contribution >= 0.6 is 0 Å². The molecule has 2 aliphatic rings. The summed E-state index contributed by atoms with van der Waals surface area (Å²) in [5.41, 5.74) is 7.14. The van der Waals surface area contributed by atoms with Gasteiger partial charge in [0.15, 0.2) is 17.0 Å². The van der Waals surface area contributed by atoms with Gasteiger partial charge in [0.1, 0.15) is 12.8 Å². The minimum atomic E-state index is -0.172. The van der Waals surface area contributed by atoms with Gasteiger partial charge in [-0.3, -0.25) is 4.57 Å². The van der Waals surface area contributed by atoms with Crippen molar-refractivity contribution < 1.29 is 18.9 Å². The van der Waals surface area contributed by atoms with E-state index < -0.39 is 0 Å². The molecule has 0 spiro atoms. The van der Waals surface area contributed by atoms with Crippen LogP contribution in [0.4, 0.5) is 5.82 Å². The molecule has 0 saturated carbocycles. The Hall–Kier alpha value is -2.13. The molecule has 2 atom stereocenters. The third-order valence-corrected chi connectivity index (χ3v) is 4.56. The van der Waals surface area contributed by atoms with Crippen LogP contribution in [0.2, 0.25) is 0 Å². The van der Waals surface area contributed by atoms with Gasteiger partial charge in [0.25, 0.3) is 0 Å². The number of nitrogens with zero attached hydrogens (tertiary/aromatic N) is 4. The predicted octanol–water partition coefficient (Wildman–Crippen LogP) is 1.67. The van der Waals surface area contributed by atoms with E-state index in [2.05, 4.69) is 15.0 Å². The maximum absolute atomic E-state index is 6.07. The van der Waals surface area contributed by atoms with Gasteiger partial charge in [-0.1, -0.05) is 0 Å². The fourth-order valence-electron chi connectivity index (χ4n) is 3.29. The average Bonchev–Trinajstić information content (AvgIpc) is 3.28. The molecule has 0 bridgehead atoms. The van der Waals surface area contributed by atoms with Gasteiger partial charge < -0.3 is 24.7 Å². The van der Waals surface area contributed by atoms with Crippen molar-refractivity contribution in [2.45, 2.75) is 44.4 Å². The minimum absolute atomic E-state index is 0.0849. The summed E-state index contributed by atoms with van der Waals surface area (Å²) in [6, 6.07) is 0.638. The van der Waals surface area contributed by atoms with Crippen LogP contribution in [0.5, 0.6) is 12.0 Å². The molecule has 2 unspecified atom stereocenters. The molecular formula is C16H23N5O4. The van der Waals surface area contributed by atoms with Crippen molar-refractivity contribution in [3.63, 3.8) is 0 Å². The summed E-state index contributed by atoms with van der Waals surface area (Å²) in [6.07, 6.45) is 4.96. The van der Waals surface area contributed by atoms with E-state index in [0.717, 1.165) is 38.7 Å². The number of fused-ring (bicyclic) bond motifs is 1. The van der Waals surface area contributed by atoms with E-state index in [1.807, 2.05) is 4.57 Å². The number of nitrogens with two attached hydrogens (primary N) is 1. The molecule has 2 aliphatic heterocycles. The number of aromatic nitrogens is 4. The number of hydrogen-bond acceptors (Lipinski definition) is 8. The van der Waals surface area contributed by atoms with Crippen molar-refractivity contribution in [3.8, 4) is 12.0 Å².